The molecule has 0 amide bonds. The SMILES string of the molecule is CC1CN(C)C(C)CC1=NOc1ccc([N+](=O)[O-])cc1.[Cl-]. The van der Waals surface area contributed by atoms with Crippen molar-refractivity contribution in [3.63, 3.8) is 0 Å². The minimum atomic E-state index is -0.434. The van der Waals surface area contributed by atoms with E-state index in [1.165, 1.54) is 12.1 Å². The van der Waals surface area contributed by atoms with E-state index in [4.69, 9.17) is 4.84 Å². The highest BCUT2D eigenvalue weighted by Crippen LogP contribution is 2.21. The summed E-state index contributed by atoms with van der Waals surface area (Å²) in [5.74, 6) is 0.871. The summed E-state index contributed by atoms with van der Waals surface area (Å²) in [4.78, 5) is 17.8. The van der Waals surface area contributed by atoms with Crippen LogP contribution in [0.1, 0.15) is 20.3 Å². The Bertz CT molecular complexity index is 519. The predicted octanol–water partition coefficient (Wildman–Crippen LogP) is -0.306. The second-order valence-electron chi connectivity index (χ2n) is 5.32. The number of piperidine rings is 1. The molecule has 1 aromatic rings. The Morgan fingerprint density at radius 1 is 1.33 bits per heavy atom. The summed E-state index contributed by atoms with van der Waals surface area (Å²) in [7, 11) is 2.11. The number of non-ortho nitro benzene ring substituents is 1. The molecule has 2 unspecified atom stereocenters. The van der Waals surface area contributed by atoms with Gasteiger partial charge in [0.25, 0.3) is 5.69 Å². The van der Waals surface area contributed by atoms with Gasteiger partial charge in [0, 0.05) is 37.1 Å². The summed E-state index contributed by atoms with van der Waals surface area (Å²) in [6, 6.07) is 6.40. The van der Waals surface area contributed by atoms with Gasteiger partial charge in [0.05, 0.1) is 10.6 Å². The first-order chi connectivity index (χ1) is 9.47. The van der Waals surface area contributed by atoms with Gasteiger partial charge in [0.15, 0.2) is 5.75 Å². The Kier molecular flexibility index (Phi) is 6.11. The number of hydrogen-bond donors (Lipinski definition) is 0. The van der Waals surface area contributed by atoms with Crippen LogP contribution >= 0.6 is 0 Å². The lowest BCUT2D eigenvalue weighted by atomic mass is 9.93. The number of oxime groups is 1. The second-order valence-corrected chi connectivity index (χ2v) is 5.32. The normalized spacial score (nSPS) is 24.4. The van der Waals surface area contributed by atoms with E-state index in [9.17, 15) is 10.1 Å². The first kappa shape index (κ1) is 17.4. The molecule has 2 rings (SSSR count). The summed E-state index contributed by atoms with van der Waals surface area (Å²) in [6.07, 6.45) is 0.880. The Labute approximate surface area is 130 Å². The van der Waals surface area contributed by atoms with Gasteiger partial charge in [-0.15, -0.1) is 0 Å². The van der Waals surface area contributed by atoms with E-state index in [0.717, 1.165) is 18.7 Å². The maximum absolute atomic E-state index is 10.6. The highest BCUT2D eigenvalue weighted by atomic mass is 35.5. The van der Waals surface area contributed by atoms with E-state index >= 15 is 0 Å². The molecule has 21 heavy (non-hydrogen) atoms. The van der Waals surface area contributed by atoms with Gasteiger partial charge in [-0.05, 0) is 26.1 Å². The quantitative estimate of drug-likeness (QED) is 0.567. The van der Waals surface area contributed by atoms with Gasteiger partial charge < -0.3 is 22.1 Å². The standard InChI is InChI=1S/C14H19N3O3.ClH/c1-10-9-16(3)11(2)8-14(10)15-20-13-6-4-12(5-7-13)17(18)19;/h4-7,10-11H,8-9H2,1-3H3;1H/p-1. The van der Waals surface area contributed by atoms with Crippen molar-refractivity contribution in [2.75, 3.05) is 13.6 Å². The van der Waals surface area contributed by atoms with Gasteiger partial charge in [0.2, 0.25) is 0 Å². The monoisotopic (exact) mass is 312 g/mol. The van der Waals surface area contributed by atoms with Gasteiger partial charge in [-0.1, -0.05) is 12.1 Å². The van der Waals surface area contributed by atoms with Crippen molar-refractivity contribution in [1.29, 1.82) is 0 Å². The summed E-state index contributed by atoms with van der Waals surface area (Å²) in [6.45, 7) is 5.25. The third-order valence-electron chi connectivity index (χ3n) is 3.70. The fourth-order valence-electron chi connectivity index (χ4n) is 2.24. The van der Waals surface area contributed by atoms with E-state index < -0.39 is 4.92 Å². The number of rotatable bonds is 3. The molecule has 0 radical (unpaired) electrons. The zero-order valence-corrected chi connectivity index (χ0v) is 13.1. The summed E-state index contributed by atoms with van der Waals surface area (Å²) >= 11 is 0. The highest BCUT2D eigenvalue weighted by Gasteiger charge is 2.25. The number of nitro benzene ring substituents is 1. The molecule has 0 N–H and O–H groups in total. The van der Waals surface area contributed by atoms with E-state index in [0.29, 0.717) is 17.7 Å². The zero-order chi connectivity index (χ0) is 14.7. The molecule has 1 fully saturated rings. The molecule has 1 heterocycles. The zero-order valence-electron chi connectivity index (χ0n) is 12.3. The largest absolute Gasteiger partial charge is 1.00 e. The van der Waals surface area contributed by atoms with Crippen LogP contribution in [-0.4, -0.2) is 35.2 Å². The van der Waals surface area contributed by atoms with Gasteiger partial charge >= 0.3 is 0 Å². The van der Waals surface area contributed by atoms with Crippen molar-refractivity contribution in [3.05, 3.63) is 34.4 Å². The molecule has 1 aromatic carbocycles. The van der Waals surface area contributed by atoms with Crippen molar-refractivity contribution >= 4 is 11.4 Å². The molecular weight excluding hydrogens is 294 g/mol. The molecule has 1 aliphatic heterocycles. The number of benzene rings is 1. The fraction of sp³-hybridized carbons (Fsp3) is 0.500. The third-order valence-corrected chi connectivity index (χ3v) is 3.70. The molecule has 1 aliphatic rings. The predicted molar refractivity (Wildman–Crippen MR) is 77.0 cm³/mol. The number of halogens is 1. The molecule has 0 bridgehead atoms. The van der Waals surface area contributed by atoms with Crippen LogP contribution in [0.25, 0.3) is 0 Å². The van der Waals surface area contributed by atoms with Gasteiger partial charge in [0.1, 0.15) is 0 Å². The van der Waals surface area contributed by atoms with Crippen LogP contribution in [0, 0.1) is 16.0 Å². The molecule has 0 aliphatic carbocycles. The summed E-state index contributed by atoms with van der Waals surface area (Å²) < 4.78 is 0. The smallest absolute Gasteiger partial charge is 0.269 e. The molecule has 0 spiro atoms. The van der Waals surface area contributed by atoms with Crippen molar-refractivity contribution in [3.8, 4) is 5.75 Å². The van der Waals surface area contributed by atoms with Crippen LogP contribution in [0.4, 0.5) is 5.69 Å². The molecular formula is C14H19ClN3O3-. The molecule has 1 saturated heterocycles. The lowest BCUT2D eigenvalue weighted by Gasteiger charge is -2.34. The molecule has 0 aromatic heterocycles. The van der Waals surface area contributed by atoms with E-state index in [1.54, 1.807) is 12.1 Å². The Hall–Kier alpha value is -1.66. The summed E-state index contributed by atoms with van der Waals surface area (Å²) in [5, 5.41) is 14.8. The maximum atomic E-state index is 10.6. The highest BCUT2D eigenvalue weighted by molar-refractivity contribution is 5.87. The van der Waals surface area contributed by atoms with Gasteiger partial charge in [-0.2, -0.15) is 0 Å². The average molecular weight is 313 g/mol. The van der Waals surface area contributed by atoms with Crippen LogP contribution in [-0.2, 0) is 0 Å². The Morgan fingerprint density at radius 3 is 2.52 bits per heavy atom. The van der Waals surface area contributed by atoms with Crippen LogP contribution in [0.15, 0.2) is 29.4 Å². The van der Waals surface area contributed by atoms with Crippen molar-refractivity contribution in [2.45, 2.75) is 26.3 Å². The molecule has 116 valence electrons. The lowest BCUT2D eigenvalue weighted by Crippen LogP contribution is -3.00. The minimum Gasteiger partial charge on any atom is -1.00 e. The molecule has 7 heteroatoms. The second kappa shape index (κ2) is 7.38. The minimum absolute atomic E-state index is 0. The van der Waals surface area contributed by atoms with E-state index in [-0.39, 0.29) is 18.1 Å². The van der Waals surface area contributed by atoms with Crippen LogP contribution in [0.5, 0.6) is 5.75 Å². The lowest BCUT2D eigenvalue weighted by molar-refractivity contribution is -0.384. The first-order valence-corrected chi connectivity index (χ1v) is 6.66. The van der Waals surface area contributed by atoms with Crippen molar-refractivity contribution in [2.24, 2.45) is 11.1 Å². The van der Waals surface area contributed by atoms with E-state index in [2.05, 4.69) is 31.0 Å². The average Bonchev–Trinajstić information content (AvgIpc) is 2.42. The molecule has 0 saturated carbocycles. The first-order valence-electron chi connectivity index (χ1n) is 6.66. The third kappa shape index (κ3) is 4.41. The van der Waals surface area contributed by atoms with Crippen molar-refractivity contribution in [1.82, 2.24) is 4.90 Å². The number of nitro groups is 1. The van der Waals surface area contributed by atoms with Crippen LogP contribution in [0.2, 0.25) is 0 Å². The summed E-state index contributed by atoms with van der Waals surface area (Å²) in [5.41, 5.74) is 1.08. The molecule has 2 atom stereocenters. The maximum Gasteiger partial charge on any atom is 0.269 e. The number of hydrogen-bond acceptors (Lipinski definition) is 5. The van der Waals surface area contributed by atoms with Crippen LogP contribution < -0.4 is 17.2 Å². The Balaban J connectivity index is 0.00000220. The van der Waals surface area contributed by atoms with Gasteiger partial charge in [-0.3, -0.25) is 10.1 Å². The van der Waals surface area contributed by atoms with Gasteiger partial charge in [-0.25, -0.2) is 0 Å². The number of nitrogens with zero attached hydrogens (tertiary/aromatic N) is 3. The topological polar surface area (TPSA) is 68.0 Å². The number of likely N-dealkylation sites (tertiary alicyclic amines) is 1. The van der Waals surface area contributed by atoms with Crippen molar-refractivity contribution < 1.29 is 22.2 Å². The van der Waals surface area contributed by atoms with Crippen LogP contribution in [0.3, 0.4) is 0 Å². The Morgan fingerprint density at radius 2 is 1.95 bits per heavy atom. The molecule has 6 nitrogen and oxygen atoms in total. The fourth-order valence-corrected chi connectivity index (χ4v) is 2.24. The van der Waals surface area contributed by atoms with E-state index in [1.807, 2.05) is 0 Å².